The van der Waals surface area contributed by atoms with Gasteiger partial charge >= 0.3 is 5.97 Å². The molecule has 0 aromatic rings. The molecule has 0 amide bonds. The second-order valence-electron chi connectivity index (χ2n) is 5.21. The molecule has 0 aromatic carbocycles. The Morgan fingerprint density at radius 1 is 1.25 bits per heavy atom. The first kappa shape index (κ1) is 15.2. The Morgan fingerprint density at radius 2 is 1.88 bits per heavy atom. The van der Waals surface area contributed by atoms with Gasteiger partial charge in [-0.05, 0) is 12.8 Å². The molecule has 3 nitrogen and oxygen atoms in total. The second kappa shape index (κ2) is 7.44. The number of hydrogen-bond donors (Lipinski definition) is 0. The van der Waals surface area contributed by atoms with E-state index >= 15 is 0 Å². The summed E-state index contributed by atoms with van der Waals surface area (Å²) in [5, 5.41) is 0. The van der Waals surface area contributed by atoms with Crippen LogP contribution >= 0.6 is 0 Å². The van der Waals surface area contributed by atoms with Gasteiger partial charge in [0.25, 0.3) is 0 Å². The van der Waals surface area contributed by atoms with Crippen molar-refractivity contribution in [2.75, 3.05) is 34.3 Å². The summed E-state index contributed by atoms with van der Waals surface area (Å²) in [4.78, 5) is 11.5. The monoisotopic (exact) mass is 228 g/mol. The van der Waals surface area contributed by atoms with E-state index in [9.17, 15) is 4.79 Å². The number of quaternary nitrogens is 1. The smallest absolute Gasteiger partial charge is 0.333 e. The first-order chi connectivity index (χ1) is 7.37. The Balaban J connectivity index is 3.68. The summed E-state index contributed by atoms with van der Waals surface area (Å²) in [7, 11) is 6.22. The number of hydrogen-bond acceptors (Lipinski definition) is 2. The lowest BCUT2D eigenvalue weighted by molar-refractivity contribution is -0.870. The van der Waals surface area contributed by atoms with Crippen LogP contribution in [0.5, 0.6) is 0 Å². The Labute approximate surface area is 99.7 Å². The van der Waals surface area contributed by atoms with Crippen LogP contribution in [0.3, 0.4) is 0 Å². The van der Waals surface area contributed by atoms with Crippen molar-refractivity contribution >= 4 is 5.97 Å². The third kappa shape index (κ3) is 8.48. The van der Waals surface area contributed by atoms with Gasteiger partial charge in [-0.2, -0.15) is 0 Å². The molecule has 0 fully saturated rings. The lowest BCUT2D eigenvalue weighted by Crippen LogP contribution is -2.38. The van der Waals surface area contributed by atoms with Crippen molar-refractivity contribution in [2.24, 2.45) is 0 Å². The highest BCUT2D eigenvalue weighted by Crippen LogP contribution is 2.08. The van der Waals surface area contributed by atoms with Gasteiger partial charge in [0.1, 0.15) is 13.2 Å². The number of ether oxygens (including phenoxy) is 1. The first-order valence-electron chi connectivity index (χ1n) is 6.02. The van der Waals surface area contributed by atoms with Crippen molar-refractivity contribution in [2.45, 2.75) is 32.6 Å². The zero-order valence-corrected chi connectivity index (χ0v) is 11.2. The van der Waals surface area contributed by atoms with Gasteiger partial charge in [0.2, 0.25) is 0 Å². The van der Waals surface area contributed by atoms with Crippen LogP contribution in [-0.4, -0.2) is 44.7 Å². The van der Waals surface area contributed by atoms with Gasteiger partial charge in [0.05, 0.1) is 21.1 Å². The zero-order chi connectivity index (χ0) is 12.6. The zero-order valence-electron chi connectivity index (χ0n) is 11.2. The van der Waals surface area contributed by atoms with Crippen LogP contribution in [0.15, 0.2) is 12.2 Å². The lowest BCUT2D eigenvalue weighted by atomic mass is 10.1. The van der Waals surface area contributed by atoms with Crippen molar-refractivity contribution in [3.05, 3.63) is 12.2 Å². The fourth-order valence-electron chi connectivity index (χ4n) is 1.20. The fourth-order valence-corrected chi connectivity index (χ4v) is 1.20. The molecule has 0 N–H and O–H groups in total. The largest absolute Gasteiger partial charge is 0.456 e. The third-order valence-corrected chi connectivity index (χ3v) is 2.37. The van der Waals surface area contributed by atoms with Crippen molar-refractivity contribution in [1.29, 1.82) is 0 Å². The Morgan fingerprint density at radius 3 is 2.38 bits per heavy atom. The van der Waals surface area contributed by atoms with E-state index in [1.807, 2.05) is 0 Å². The molecule has 0 aliphatic carbocycles. The van der Waals surface area contributed by atoms with Crippen LogP contribution in [0.2, 0.25) is 0 Å². The van der Waals surface area contributed by atoms with E-state index in [0.29, 0.717) is 12.2 Å². The van der Waals surface area contributed by atoms with Gasteiger partial charge in [0.15, 0.2) is 0 Å². The predicted octanol–water partition coefficient (Wildman–Crippen LogP) is 2.37. The molecule has 94 valence electrons. The predicted molar refractivity (Wildman–Crippen MR) is 67.1 cm³/mol. The number of unbranched alkanes of at least 4 members (excludes halogenated alkanes) is 2. The van der Waals surface area contributed by atoms with E-state index in [2.05, 4.69) is 34.6 Å². The molecule has 0 rings (SSSR count). The van der Waals surface area contributed by atoms with Gasteiger partial charge in [-0.25, -0.2) is 4.79 Å². The van der Waals surface area contributed by atoms with Crippen LogP contribution in [0.4, 0.5) is 0 Å². The number of esters is 1. The van der Waals surface area contributed by atoms with E-state index in [0.717, 1.165) is 36.7 Å². The minimum absolute atomic E-state index is 0.232. The third-order valence-electron chi connectivity index (χ3n) is 2.37. The molecule has 0 atom stereocenters. The Kier molecular flexibility index (Phi) is 7.06. The SMILES string of the molecule is C=C(CCCCC)C(=O)OCC[N+](C)(C)C. The van der Waals surface area contributed by atoms with Crippen molar-refractivity contribution in [1.82, 2.24) is 0 Å². The topological polar surface area (TPSA) is 26.3 Å². The first-order valence-corrected chi connectivity index (χ1v) is 6.02. The molecule has 0 aromatic heterocycles. The normalized spacial score (nSPS) is 11.2. The van der Waals surface area contributed by atoms with Crippen LogP contribution < -0.4 is 0 Å². The Hall–Kier alpha value is -0.830. The standard InChI is InChI=1S/C13H26NO2/c1-6-7-8-9-12(2)13(15)16-11-10-14(3,4)5/h2,6-11H2,1,3-5H3/q+1. The molecule has 0 aliphatic heterocycles. The van der Waals surface area contributed by atoms with E-state index in [1.165, 1.54) is 0 Å². The van der Waals surface area contributed by atoms with E-state index in [1.54, 1.807) is 0 Å². The summed E-state index contributed by atoms with van der Waals surface area (Å²) < 4.78 is 5.96. The molecule has 0 saturated carbocycles. The highest BCUT2D eigenvalue weighted by atomic mass is 16.5. The number of nitrogens with zero attached hydrogens (tertiary/aromatic N) is 1. The molecule has 0 aliphatic rings. The summed E-state index contributed by atoms with van der Waals surface area (Å²) in [6, 6.07) is 0. The second-order valence-corrected chi connectivity index (χ2v) is 5.21. The van der Waals surface area contributed by atoms with E-state index < -0.39 is 0 Å². The molecule has 0 saturated heterocycles. The number of carbonyl (C=O) groups excluding carboxylic acids is 1. The van der Waals surface area contributed by atoms with Crippen LogP contribution in [0.1, 0.15) is 32.6 Å². The molecule has 0 bridgehead atoms. The molecular formula is C13H26NO2+. The molecular weight excluding hydrogens is 202 g/mol. The van der Waals surface area contributed by atoms with Crippen molar-refractivity contribution < 1.29 is 14.0 Å². The van der Waals surface area contributed by atoms with Crippen molar-refractivity contribution in [3.63, 3.8) is 0 Å². The summed E-state index contributed by atoms with van der Waals surface area (Å²) in [6.45, 7) is 7.20. The summed E-state index contributed by atoms with van der Waals surface area (Å²) in [6.07, 6.45) is 4.09. The molecule has 0 spiro atoms. The van der Waals surface area contributed by atoms with Gasteiger partial charge in [0, 0.05) is 5.57 Å². The van der Waals surface area contributed by atoms with E-state index in [-0.39, 0.29) is 5.97 Å². The molecule has 0 radical (unpaired) electrons. The van der Waals surface area contributed by atoms with Crippen LogP contribution in [0.25, 0.3) is 0 Å². The summed E-state index contributed by atoms with van der Waals surface area (Å²) in [5.74, 6) is -0.232. The highest BCUT2D eigenvalue weighted by molar-refractivity contribution is 5.87. The molecule has 0 heterocycles. The van der Waals surface area contributed by atoms with E-state index in [4.69, 9.17) is 4.74 Å². The average molecular weight is 228 g/mol. The van der Waals surface area contributed by atoms with Crippen LogP contribution in [0, 0.1) is 0 Å². The number of likely N-dealkylation sites (N-methyl/N-ethyl adjacent to an activating group) is 1. The van der Waals surface area contributed by atoms with Gasteiger partial charge < -0.3 is 9.22 Å². The minimum Gasteiger partial charge on any atom is -0.456 e. The minimum atomic E-state index is -0.232. The number of rotatable bonds is 8. The van der Waals surface area contributed by atoms with Crippen LogP contribution in [-0.2, 0) is 9.53 Å². The lowest BCUT2D eigenvalue weighted by Gasteiger charge is -2.23. The highest BCUT2D eigenvalue weighted by Gasteiger charge is 2.11. The summed E-state index contributed by atoms with van der Waals surface area (Å²) >= 11 is 0. The summed E-state index contributed by atoms with van der Waals surface area (Å²) in [5.41, 5.74) is 0.606. The maximum atomic E-state index is 11.5. The maximum Gasteiger partial charge on any atom is 0.333 e. The molecule has 0 unspecified atom stereocenters. The molecule has 16 heavy (non-hydrogen) atoms. The quantitative estimate of drug-likeness (QED) is 0.276. The average Bonchev–Trinajstić information content (AvgIpc) is 2.15. The Bertz CT molecular complexity index is 229. The fraction of sp³-hybridized carbons (Fsp3) is 0.769. The maximum absolute atomic E-state index is 11.5. The molecule has 3 heteroatoms. The van der Waals surface area contributed by atoms with Crippen molar-refractivity contribution in [3.8, 4) is 0 Å². The van der Waals surface area contributed by atoms with Gasteiger partial charge in [-0.3, -0.25) is 0 Å². The number of carbonyl (C=O) groups is 1. The van der Waals surface area contributed by atoms with Gasteiger partial charge in [-0.1, -0.05) is 26.3 Å². The van der Waals surface area contributed by atoms with Gasteiger partial charge in [-0.15, -0.1) is 0 Å².